The van der Waals surface area contributed by atoms with Gasteiger partial charge in [-0.25, -0.2) is 0 Å². The number of alkyl halides is 3. The Morgan fingerprint density at radius 2 is 1.68 bits per heavy atom. The lowest BCUT2D eigenvalue weighted by atomic mass is 10.1. The molecule has 0 bridgehead atoms. The summed E-state index contributed by atoms with van der Waals surface area (Å²) in [5.74, 6) is 1.33. The number of methoxy groups -OCH3 is 3. The predicted molar refractivity (Wildman–Crippen MR) is 105 cm³/mol. The first-order valence-electron chi connectivity index (χ1n) is 8.50. The summed E-state index contributed by atoms with van der Waals surface area (Å²) < 4.78 is 54.5. The highest BCUT2D eigenvalue weighted by Gasteiger charge is 2.31. The second-order valence-electron chi connectivity index (χ2n) is 5.99. The van der Waals surface area contributed by atoms with E-state index in [0.717, 1.165) is 24.1 Å². The molecule has 1 N–H and O–H groups in total. The maximum atomic E-state index is 12.9. The fourth-order valence-electron chi connectivity index (χ4n) is 2.75. The third-order valence-electron chi connectivity index (χ3n) is 4.24. The Hall–Kier alpha value is -1.96. The molecule has 0 aliphatic rings. The van der Waals surface area contributed by atoms with Crippen molar-refractivity contribution in [3.63, 3.8) is 0 Å². The fourth-order valence-corrected chi connectivity index (χ4v) is 2.75. The Kier molecular flexibility index (Phi) is 9.58. The number of ether oxygens (including phenoxy) is 3. The van der Waals surface area contributed by atoms with Gasteiger partial charge in [-0.1, -0.05) is 18.2 Å². The molecule has 0 saturated heterocycles. The molecule has 0 spiro atoms. The molecule has 2 aromatic rings. The number of rotatable bonds is 9. The third-order valence-corrected chi connectivity index (χ3v) is 4.24. The molecule has 0 saturated carbocycles. The standard InChI is InChI=1S/C20H24F3NO3.ClH/c1-25-17-8-7-14(11-18(17)26-2)9-10-24-13-19(27-3)15-5-4-6-16(12-15)20(21,22)23;/h4-8,11-12,19,24H,9-10,13H2,1-3H3;1H. The predicted octanol–water partition coefficient (Wildman–Crippen LogP) is 4.66. The van der Waals surface area contributed by atoms with Gasteiger partial charge in [0.1, 0.15) is 0 Å². The molecular formula is C20H25ClF3NO3. The van der Waals surface area contributed by atoms with E-state index in [4.69, 9.17) is 14.2 Å². The Balaban J connectivity index is 0.00000392. The highest BCUT2D eigenvalue weighted by Crippen LogP contribution is 2.31. The van der Waals surface area contributed by atoms with Gasteiger partial charge < -0.3 is 19.5 Å². The molecule has 0 amide bonds. The quantitative estimate of drug-likeness (QED) is 0.600. The van der Waals surface area contributed by atoms with E-state index in [0.29, 0.717) is 30.2 Å². The maximum absolute atomic E-state index is 12.9. The molecule has 156 valence electrons. The van der Waals surface area contributed by atoms with E-state index in [1.54, 1.807) is 20.3 Å². The van der Waals surface area contributed by atoms with Crippen molar-refractivity contribution in [1.82, 2.24) is 5.32 Å². The summed E-state index contributed by atoms with van der Waals surface area (Å²) in [5.41, 5.74) is 0.881. The van der Waals surface area contributed by atoms with E-state index < -0.39 is 17.8 Å². The monoisotopic (exact) mass is 419 g/mol. The summed E-state index contributed by atoms with van der Waals surface area (Å²) in [6, 6.07) is 10.9. The summed E-state index contributed by atoms with van der Waals surface area (Å²) >= 11 is 0. The first-order chi connectivity index (χ1) is 12.9. The molecule has 0 aliphatic heterocycles. The minimum Gasteiger partial charge on any atom is -0.493 e. The first kappa shape index (κ1) is 24.1. The number of hydrogen-bond donors (Lipinski definition) is 1. The van der Waals surface area contributed by atoms with Crippen LogP contribution in [-0.2, 0) is 17.3 Å². The normalized spacial score (nSPS) is 12.2. The van der Waals surface area contributed by atoms with E-state index in [2.05, 4.69) is 5.32 Å². The van der Waals surface area contributed by atoms with Crippen LogP contribution in [0.2, 0.25) is 0 Å². The summed E-state index contributed by atoms with van der Waals surface area (Å²) in [7, 11) is 4.65. The van der Waals surface area contributed by atoms with Gasteiger partial charge in [0.2, 0.25) is 0 Å². The highest BCUT2D eigenvalue weighted by atomic mass is 35.5. The topological polar surface area (TPSA) is 39.7 Å². The molecule has 1 unspecified atom stereocenters. The summed E-state index contributed by atoms with van der Waals surface area (Å²) in [6.07, 6.45) is -4.09. The number of nitrogens with one attached hydrogen (secondary N) is 1. The van der Waals surface area contributed by atoms with Crippen LogP contribution in [0.3, 0.4) is 0 Å². The van der Waals surface area contributed by atoms with E-state index in [9.17, 15) is 13.2 Å². The Morgan fingerprint density at radius 3 is 2.29 bits per heavy atom. The van der Waals surface area contributed by atoms with Gasteiger partial charge in [-0.05, 0) is 48.4 Å². The van der Waals surface area contributed by atoms with Gasteiger partial charge in [0, 0.05) is 13.7 Å². The van der Waals surface area contributed by atoms with Crippen LogP contribution in [0.4, 0.5) is 13.2 Å². The molecule has 0 fully saturated rings. The number of benzene rings is 2. The van der Waals surface area contributed by atoms with E-state index in [1.165, 1.54) is 13.2 Å². The zero-order valence-corrected chi connectivity index (χ0v) is 16.8. The van der Waals surface area contributed by atoms with Crippen molar-refractivity contribution < 1.29 is 27.4 Å². The average Bonchev–Trinajstić information content (AvgIpc) is 2.67. The molecule has 1 atom stereocenters. The van der Waals surface area contributed by atoms with Crippen molar-refractivity contribution in [2.45, 2.75) is 18.7 Å². The molecule has 0 aliphatic carbocycles. The van der Waals surface area contributed by atoms with Gasteiger partial charge >= 0.3 is 6.18 Å². The lowest BCUT2D eigenvalue weighted by Crippen LogP contribution is -2.25. The van der Waals surface area contributed by atoms with Crippen molar-refractivity contribution >= 4 is 12.4 Å². The molecule has 8 heteroatoms. The minimum atomic E-state index is -4.37. The van der Waals surface area contributed by atoms with Crippen LogP contribution in [0.1, 0.15) is 22.8 Å². The van der Waals surface area contributed by atoms with Gasteiger partial charge in [0.25, 0.3) is 0 Å². The molecular weight excluding hydrogens is 395 g/mol. The summed E-state index contributed by atoms with van der Waals surface area (Å²) in [5, 5.41) is 3.23. The maximum Gasteiger partial charge on any atom is 0.416 e. The van der Waals surface area contributed by atoms with Crippen molar-refractivity contribution in [3.8, 4) is 11.5 Å². The Bertz CT molecular complexity index is 741. The molecule has 2 rings (SSSR count). The van der Waals surface area contributed by atoms with Crippen molar-refractivity contribution in [1.29, 1.82) is 0 Å². The second-order valence-corrected chi connectivity index (χ2v) is 5.99. The van der Waals surface area contributed by atoms with Gasteiger partial charge in [0.05, 0.1) is 25.9 Å². The van der Waals surface area contributed by atoms with Crippen LogP contribution in [0.25, 0.3) is 0 Å². The van der Waals surface area contributed by atoms with Crippen LogP contribution in [-0.4, -0.2) is 34.4 Å². The van der Waals surface area contributed by atoms with E-state index in [-0.39, 0.29) is 12.4 Å². The van der Waals surface area contributed by atoms with Gasteiger partial charge in [-0.2, -0.15) is 13.2 Å². The number of halogens is 4. The zero-order chi connectivity index (χ0) is 19.9. The highest BCUT2D eigenvalue weighted by molar-refractivity contribution is 5.85. The smallest absolute Gasteiger partial charge is 0.416 e. The number of hydrogen-bond acceptors (Lipinski definition) is 4. The molecule has 28 heavy (non-hydrogen) atoms. The molecule has 4 nitrogen and oxygen atoms in total. The lowest BCUT2D eigenvalue weighted by Gasteiger charge is -2.18. The zero-order valence-electron chi connectivity index (χ0n) is 16.0. The van der Waals surface area contributed by atoms with Crippen LogP contribution in [0, 0.1) is 0 Å². The summed E-state index contributed by atoms with van der Waals surface area (Å²) in [4.78, 5) is 0. The Morgan fingerprint density at radius 1 is 0.964 bits per heavy atom. The first-order valence-corrected chi connectivity index (χ1v) is 8.50. The third kappa shape index (κ3) is 6.58. The van der Waals surface area contributed by atoms with Gasteiger partial charge in [-0.15, -0.1) is 12.4 Å². The molecule has 0 heterocycles. The largest absolute Gasteiger partial charge is 0.493 e. The molecule has 0 radical (unpaired) electrons. The second kappa shape index (κ2) is 11.1. The summed E-state index contributed by atoms with van der Waals surface area (Å²) in [6.45, 7) is 1.05. The van der Waals surface area contributed by atoms with Gasteiger partial charge in [0.15, 0.2) is 11.5 Å². The SMILES string of the molecule is COc1ccc(CCNCC(OC)c2cccc(C(F)(F)F)c2)cc1OC.Cl. The minimum absolute atomic E-state index is 0. The molecule has 0 aromatic heterocycles. The van der Waals surface area contributed by atoms with Crippen molar-refractivity contribution in [2.75, 3.05) is 34.4 Å². The fraction of sp³-hybridized carbons (Fsp3) is 0.400. The van der Waals surface area contributed by atoms with Crippen molar-refractivity contribution in [3.05, 3.63) is 59.2 Å². The lowest BCUT2D eigenvalue weighted by molar-refractivity contribution is -0.137. The van der Waals surface area contributed by atoms with Crippen LogP contribution in [0.5, 0.6) is 11.5 Å². The molecule has 2 aromatic carbocycles. The van der Waals surface area contributed by atoms with E-state index in [1.807, 2.05) is 18.2 Å². The Labute approximate surface area is 169 Å². The van der Waals surface area contributed by atoms with Gasteiger partial charge in [-0.3, -0.25) is 0 Å². The van der Waals surface area contributed by atoms with E-state index >= 15 is 0 Å². The van der Waals surface area contributed by atoms with Crippen LogP contribution >= 0.6 is 12.4 Å². The van der Waals surface area contributed by atoms with Crippen LogP contribution < -0.4 is 14.8 Å². The van der Waals surface area contributed by atoms with Crippen molar-refractivity contribution in [2.24, 2.45) is 0 Å². The average molecular weight is 420 g/mol. The van der Waals surface area contributed by atoms with Crippen LogP contribution in [0.15, 0.2) is 42.5 Å².